The summed E-state index contributed by atoms with van der Waals surface area (Å²) in [5, 5.41) is 8.95. The van der Waals surface area contributed by atoms with Crippen LogP contribution in [-0.4, -0.2) is 57.0 Å². The number of hydrogen-bond donors (Lipinski definition) is 1. The molecule has 0 rings (SSSR count). The van der Waals surface area contributed by atoms with Gasteiger partial charge in [-0.25, -0.2) is 4.79 Å². The Hall–Kier alpha value is -0.850. The third kappa shape index (κ3) is 15.1. The van der Waals surface area contributed by atoms with Crippen LogP contribution in [0.2, 0.25) is 0 Å². The van der Waals surface area contributed by atoms with E-state index in [4.69, 9.17) is 19.3 Å². The molecule has 0 radical (unpaired) electrons. The molecule has 1 N–H and O–H groups in total. The monoisotopic (exact) mass is 266 g/mol. The molecule has 0 aromatic carbocycles. The van der Waals surface area contributed by atoms with Crippen molar-refractivity contribution in [3.8, 4) is 0 Å². The summed E-state index contributed by atoms with van der Waals surface area (Å²) in [6, 6.07) is 0. The van der Waals surface area contributed by atoms with Crippen molar-refractivity contribution in [2.24, 2.45) is 0 Å². The summed E-state index contributed by atoms with van der Waals surface area (Å²) in [6.07, 6.45) is -1.55. The van der Waals surface area contributed by atoms with Crippen LogP contribution in [0.25, 0.3) is 0 Å². The van der Waals surface area contributed by atoms with E-state index < -0.39 is 12.3 Å². The highest BCUT2D eigenvalue weighted by Gasteiger charge is 2.09. The van der Waals surface area contributed by atoms with Crippen molar-refractivity contribution in [1.82, 2.24) is 0 Å². The minimum atomic E-state index is -0.746. The van der Waals surface area contributed by atoms with Crippen LogP contribution in [0.5, 0.6) is 0 Å². The van der Waals surface area contributed by atoms with Gasteiger partial charge in [-0.15, -0.1) is 0 Å². The Morgan fingerprint density at radius 2 is 1.72 bits per heavy atom. The van der Waals surface area contributed by atoms with Gasteiger partial charge in [0.25, 0.3) is 0 Å². The zero-order valence-electron chi connectivity index (χ0n) is 12.0. The fourth-order valence-electron chi connectivity index (χ4n) is 0.787. The van der Waals surface area contributed by atoms with Crippen LogP contribution in [0.3, 0.4) is 0 Å². The molecule has 0 bridgehead atoms. The summed E-state index contributed by atoms with van der Waals surface area (Å²) in [6.45, 7) is 8.17. The van der Waals surface area contributed by atoms with E-state index in [2.05, 4.69) is 4.74 Å². The molecule has 0 amide bonds. The van der Waals surface area contributed by atoms with E-state index in [-0.39, 0.29) is 25.9 Å². The summed E-state index contributed by atoms with van der Waals surface area (Å²) in [4.78, 5) is 11.0. The first kappa shape index (κ1) is 19.5. The van der Waals surface area contributed by atoms with Gasteiger partial charge in [-0.05, 0) is 13.8 Å². The van der Waals surface area contributed by atoms with Gasteiger partial charge >= 0.3 is 6.16 Å². The minimum absolute atomic E-state index is 0.0958. The lowest BCUT2D eigenvalue weighted by molar-refractivity contribution is -0.0360. The van der Waals surface area contributed by atoms with Crippen molar-refractivity contribution >= 4 is 6.16 Å². The van der Waals surface area contributed by atoms with Crippen molar-refractivity contribution in [2.75, 3.05) is 33.5 Å². The Morgan fingerprint density at radius 1 is 1.11 bits per heavy atom. The average Bonchev–Trinajstić information content (AvgIpc) is 2.36. The van der Waals surface area contributed by atoms with E-state index in [1.807, 2.05) is 13.8 Å². The lowest BCUT2D eigenvalue weighted by atomic mass is 10.4. The first-order chi connectivity index (χ1) is 8.56. The second kappa shape index (κ2) is 14.2. The highest BCUT2D eigenvalue weighted by molar-refractivity contribution is 5.59. The van der Waals surface area contributed by atoms with Crippen molar-refractivity contribution in [2.45, 2.75) is 39.9 Å². The summed E-state index contributed by atoms with van der Waals surface area (Å²) in [5.41, 5.74) is 0. The summed E-state index contributed by atoms with van der Waals surface area (Å²) in [5.74, 6) is 0. The largest absolute Gasteiger partial charge is 0.508 e. The fraction of sp³-hybridized carbons (Fsp3) is 0.917. The van der Waals surface area contributed by atoms with Gasteiger partial charge in [-0.1, -0.05) is 13.8 Å². The van der Waals surface area contributed by atoms with Crippen LogP contribution in [0, 0.1) is 0 Å². The van der Waals surface area contributed by atoms with Crippen LogP contribution in [0.4, 0.5) is 4.79 Å². The maximum atomic E-state index is 11.0. The molecule has 0 saturated heterocycles. The third-order valence-corrected chi connectivity index (χ3v) is 1.57. The molecular formula is C12H26O6. The normalized spacial score (nSPS) is 13.0. The molecule has 2 atom stereocenters. The summed E-state index contributed by atoms with van der Waals surface area (Å²) < 4.78 is 19.3. The second-order valence-corrected chi connectivity index (χ2v) is 3.40. The minimum Gasteiger partial charge on any atom is -0.432 e. The number of rotatable bonds is 8. The molecular weight excluding hydrogens is 240 g/mol. The maximum absolute atomic E-state index is 11.0. The molecule has 0 aliphatic heterocycles. The first-order valence-electron chi connectivity index (χ1n) is 6.14. The van der Waals surface area contributed by atoms with Crippen LogP contribution in [0.15, 0.2) is 0 Å². The van der Waals surface area contributed by atoms with Gasteiger partial charge in [-0.2, -0.15) is 0 Å². The van der Waals surface area contributed by atoms with Crippen LogP contribution >= 0.6 is 0 Å². The molecule has 110 valence electrons. The van der Waals surface area contributed by atoms with Crippen molar-refractivity contribution in [1.29, 1.82) is 0 Å². The predicted octanol–water partition coefficient (Wildman–Crippen LogP) is 1.60. The number of ether oxygens (including phenoxy) is 4. The zero-order chi connectivity index (χ0) is 14.4. The van der Waals surface area contributed by atoms with E-state index in [1.54, 1.807) is 13.8 Å². The number of carbonyl (C=O) groups excluding carboxylic acids is 1. The van der Waals surface area contributed by atoms with Crippen LogP contribution < -0.4 is 0 Å². The van der Waals surface area contributed by atoms with Gasteiger partial charge in [-0.3, -0.25) is 0 Å². The SMILES string of the molecule is CC.COCCOC(=O)OCC(C)OCC(C)O. The number of carbonyl (C=O) groups is 1. The van der Waals surface area contributed by atoms with Gasteiger partial charge in [0, 0.05) is 7.11 Å². The number of aliphatic hydroxyl groups is 1. The molecule has 0 aromatic rings. The molecule has 0 aliphatic rings. The van der Waals surface area contributed by atoms with E-state index in [0.29, 0.717) is 6.61 Å². The smallest absolute Gasteiger partial charge is 0.432 e. The highest BCUT2D eigenvalue weighted by atomic mass is 16.7. The van der Waals surface area contributed by atoms with Crippen molar-refractivity contribution < 1.29 is 28.8 Å². The molecule has 18 heavy (non-hydrogen) atoms. The summed E-state index contributed by atoms with van der Waals surface area (Å²) in [7, 11) is 1.51. The molecule has 2 unspecified atom stereocenters. The zero-order valence-corrected chi connectivity index (χ0v) is 12.0. The topological polar surface area (TPSA) is 74.2 Å². The van der Waals surface area contributed by atoms with Gasteiger partial charge in [0.1, 0.15) is 13.2 Å². The predicted molar refractivity (Wildman–Crippen MR) is 67.6 cm³/mol. The molecule has 0 heterocycles. The average molecular weight is 266 g/mol. The molecule has 0 spiro atoms. The number of methoxy groups -OCH3 is 1. The van der Waals surface area contributed by atoms with Gasteiger partial charge in [0.2, 0.25) is 0 Å². The Balaban J connectivity index is 0. The van der Waals surface area contributed by atoms with Gasteiger partial charge in [0.05, 0.1) is 25.4 Å². The van der Waals surface area contributed by atoms with E-state index in [1.165, 1.54) is 7.11 Å². The Bertz CT molecular complexity index is 183. The third-order valence-electron chi connectivity index (χ3n) is 1.57. The van der Waals surface area contributed by atoms with Gasteiger partial charge < -0.3 is 24.1 Å². The number of hydrogen-bond acceptors (Lipinski definition) is 6. The first-order valence-corrected chi connectivity index (χ1v) is 6.14. The Morgan fingerprint density at radius 3 is 2.22 bits per heavy atom. The van der Waals surface area contributed by atoms with E-state index in [9.17, 15) is 4.79 Å². The molecule has 0 saturated carbocycles. The highest BCUT2D eigenvalue weighted by Crippen LogP contribution is 1.96. The molecule has 0 aromatic heterocycles. The maximum Gasteiger partial charge on any atom is 0.508 e. The molecule has 6 nitrogen and oxygen atoms in total. The van der Waals surface area contributed by atoms with Crippen molar-refractivity contribution in [3.05, 3.63) is 0 Å². The van der Waals surface area contributed by atoms with E-state index in [0.717, 1.165) is 0 Å². The second-order valence-electron chi connectivity index (χ2n) is 3.40. The standard InChI is InChI=1S/C10H20O6.C2H6/c1-8(11)6-15-9(2)7-16-10(12)14-5-4-13-3;1-2/h8-9,11H,4-7H2,1-3H3;1-2H3. The van der Waals surface area contributed by atoms with Gasteiger partial charge in [0.15, 0.2) is 0 Å². The fourth-order valence-corrected chi connectivity index (χ4v) is 0.787. The molecule has 0 fully saturated rings. The van der Waals surface area contributed by atoms with Crippen molar-refractivity contribution in [3.63, 3.8) is 0 Å². The lowest BCUT2D eigenvalue weighted by Gasteiger charge is -2.14. The Labute approximate surface area is 109 Å². The quantitative estimate of drug-likeness (QED) is 0.531. The van der Waals surface area contributed by atoms with Crippen LogP contribution in [0.1, 0.15) is 27.7 Å². The lowest BCUT2D eigenvalue weighted by Crippen LogP contribution is -2.23. The van der Waals surface area contributed by atoms with Crippen LogP contribution in [-0.2, 0) is 18.9 Å². The molecule has 6 heteroatoms. The van der Waals surface area contributed by atoms with E-state index >= 15 is 0 Å². The number of aliphatic hydroxyl groups excluding tert-OH is 1. The Kier molecular flexibility index (Phi) is 15.4. The molecule has 0 aliphatic carbocycles. The summed E-state index contributed by atoms with van der Waals surface area (Å²) >= 11 is 0.